The molecule has 0 saturated carbocycles. The summed E-state index contributed by atoms with van der Waals surface area (Å²) in [5.41, 5.74) is 9.29. The molecule has 0 saturated heterocycles. The predicted molar refractivity (Wildman–Crippen MR) is 116 cm³/mol. The number of rotatable bonds is 3. The average Bonchev–Trinajstić information content (AvgIpc) is 3.14. The Morgan fingerprint density at radius 1 is 0.966 bits per heavy atom. The lowest BCUT2D eigenvalue weighted by atomic mass is 9.87. The summed E-state index contributed by atoms with van der Waals surface area (Å²) < 4.78 is 0. The lowest BCUT2D eigenvalue weighted by Gasteiger charge is -2.31. The number of nitrogens with zero attached hydrogens (tertiary/aromatic N) is 1. The highest BCUT2D eigenvalue weighted by Crippen LogP contribution is 2.50. The van der Waals surface area contributed by atoms with E-state index in [0.29, 0.717) is 5.56 Å². The first-order valence-electron chi connectivity index (χ1n) is 10.1. The van der Waals surface area contributed by atoms with Gasteiger partial charge in [0.05, 0.1) is 11.6 Å². The standard InChI is InChI=1S/C26H23NO2/c1-17-9-11-19(12-10-17)25-16-23-22-8-3-2-5-18(22)13-14-24(23)27(25)21-7-4-6-20(15-21)26(28)29/h2-12,15,25H,13-14,16H2,1H3,(H,28,29). The largest absolute Gasteiger partial charge is 0.478 e. The highest BCUT2D eigenvalue weighted by molar-refractivity contribution is 5.90. The Balaban J connectivity index is 1.66. The highest BCUT2D eigenvalue weighted by atomic mass is 16.4. The van der Waals surface area contributed by atoms with Crippen LogP contribution in [0.15, 0.2) is 78.5 Å². The van der Waals surface area contributed by atoms with Crippen molar-refractivity contribution in [2.24, 2.45) is 0 Å². The second-order valence-corrected chi connectivity index (χ2v) is 7.94. The lowest BCUT2D eigenvalue weighted by Crippen LogP contribution is -2.24. The summed E-state index contributed by atoms with van der Waals surface area (Å²) in [4.78, 5) is 14.0. The summed E-state index contributed by atoms with van der Waals surface area (Å²) >= 11 is 0. The average molecular weight is 381 g/mol. The van der Waals surface area contributed by atoms with Crippen molar-refractivity contribution in [1.29, 1.82) is 0 Å². The van der Waals surface area contributed by atoms with Gasteiger partial charge in [0.25, 0.3) is 0 Å². The van der Waals surface area contributed by atoms with Crippen LogP contribution < -0.4 is 4.90 Å². The normalized spacial score (nSPS) is 17.8. The molecule has 0 radical (unpaired) electrons. The number of hydrogen-bond acceptors (Lipinski definition) is 2. The monoisotopic (exact) mass is 381 g/mol. The second-order valence-electron chi connectivity index (χ2n) is 7.94. The van der Waals surface area contributed by atoms with Gasteiger partial charge in [-0.15, -0.1) is 0 Å². The SMILES string of the molecule is Cc1ccc(C2CC3=C(CCc4ccccc43)N2c2cccc(C(=O)O)c2)cc1. The predicted octanol–water partition coefficient (Wildman–Crippen LogP) is 6.00. The van der Waals surface area contributed by atoms with Gasteiger partial charge >= 0.3 is 5.97 Å². The van der Waals surface area contributed by atoms with E-state index >= 15 is 0 Å². The Labute approximate surface area is 170 Å². The van der Waals surface area contributed by atoms with E-state index in [-0.39, 0.29) is 6.04 Å². The van der Waals surface area contributed by atoms with Crippen molar-refractivity contribution in [3.63, 3.8) is 0 Å². The van der Waals surface area contributed by atoms with Crippen molar-refractivity contribution in [3.05, 3.63) is 106 Å². The summed E-state index contributed by atoms with van der Waals surface area (Å²) in [6.45, 7) is 2.10. The molecule has 1 heterocycles. The molecule has 3 heteroatoms. The smallest absolute Gasteiger partial charge is 0.335 e. The van der Waals surface area contributed by atoms with E-state index in [0.717, 1.165) is 24.9 Å². The molecular formula is C26H23NO2. The van der Waals surface area contributed by atoms with Crippen molar-refractivity contribution in [3.8, 4) is 0 Å². The zero-order valence-electron chi connectivity index (χ0n) is 16.4. The molecule has 1 atom stereocenters. The fourth-order valence-corrected chi connectivity index (χ4v) is 4.74. The van der Waals surface area contributed by atoms with E-state index in [1.54, 1.807) is 12.1 Å². The number of aromatic carboxylic acids is 1. The number of anilines is 1. The maximum absolute atomic E-state index is 11.6. The summed E-state index contributed by atoms with van der Waals surface area (Å²) in [7, 11) is 0. The van der Waals surface area contributed by atoms with Gasteiger partial charge in [-0.05, 0) is 66.6 Å². The number of hydrogen-bond donors (Lipinski definition) is 1. The molecule has 0 bridgehead atoms. The molecule has 1 unspecified atom stereocenters. The third-order valence-corrected chi connectivity index (χ3v) is 6.16. The Bertz CT molecular complexity index is 1130. The summed E-state index contributed by atoms with van der Waals surface area (Å²) in [5.74, 6) is -0.888. The molecule has 3 aromatic carbocycles. The maximum Gasteiger partial charge on any atom is 0.335 e. The quantitative estimate of drug-likeness (QED) is 0.605. The summed E-state index contributed by atoms with van der Waals surface area (Å²) in [5, 5.41) is 9.50. The molecule has 144 valence electrons. The number of benzene rings is 3. The molecule has 2 aliphatic rings. The van der Waals surface area contributed by atoms with Crippen molar-refractivity contribution >= 4 is 17.2 Å². The van der Waals surface area contributed by atoms with Gasteiger partial charge in [0.2, 0.25) is 0 Å². The Kier molecular flexibility index (Phi) is 4.24. The van der Waals surface area contributed by atoms with Gasteiger partial charge in [-0.25, -0.2) is 4.79 Å². The molecular weight excluding hydrogens is 358 g/mol. The van der Waals surface area contributed by atoms with E-state index in [4.69, 9.17) is 0 Å². The van der Waals surface area contributed by atoms with Crippen LogP contribution in [0.3, 0.4) is 0 Å². The number of fused-ring (bicyclic) bond motifs is 2. The third kappa shape index (κ3) is 3.03. The fraction of sp³-hybridized carbons (Fsp3) is 0.192. The van der Waals surface area contributed by atoms with Crippen molar-refractivity contribution < 1.29 is 9.90 Å². The van der Waals surface area contributed by atoms with E-state index in [9.17, 15) is 9.90 Å². The van der Waals surface area contributed by atoms with Crippen LogP contribution in [0.4, 0.5) is 5.69 Å². The van der Waals surface area contributed by atoms with Gasteiger partial charge in [-0.1, -0.05) is 60.2 Å². The molecule has 0 amide bonds. The molecule has 0 spiro atoms. The van der Waals surface area contributed by atoms with Gasteiger partial charge in [0.1, 0.15) is 0 Å². The van der Waals surface area contributed by atoms with Crippen LogP contribution in [-0.2, 0) is 6.42 Å². The van der Waals surface area contributed by atoms with Crippen molar-refractivity contribution in [1.82, 2.24) is 0 Å². The summed E-state index contributed by atoms with van der Waals surface area (Å²) in [6, 6.07) is 24.9. The maximum atomic E-state index is 11.6. The van der Waals surface area contributed by atoms with Crippen LogP contribution in [0.1, 0.15) is 51.5 Å². The zero-order chi connectivity index (χ0) is 20.0. The number of aryl methyl sites for hydroxylation is 2. The molecule has 3 nitrogen and oxygen atoms in total. The van der Waals surface area contributed by atoms with E-state index < -0.39 is 5.97 Å². The van der Waals surface area contributed by atoms with Crippen molar-refractivity contribution in [2.75, 3.05) is 4.90 Å². The molecule has 3 aromatic rings. The Morgan fingerprint density at radius 3 is 2.55 bits per heavy atom. The molecule has 0 fully saturated rings. The van der Waals surface area contributed by atoms with Gasteiger partial charge in [-0.3, -0.25) is 0 Å². The first-order valence-corrected chi connectivity index (χ1v) is 10.1. The first-order chi connectivity index (χ1) is 14.1. The van der Waals surface area contributed by atoms with Crippen LogP contribution in [0, 0.1) is 6.92 Å². The highest BCUT2D eigenvalue weighted by Gasteiger charge is 2.36. The van der Waals surface area contributed by atoms with Crippen LogP contribution in [0.25, 0.3) is 5.57 Å². The molecule has 1 N–H and O–H groups in total. The van der Waals surface area contributed by atoms with Gasteiger partial charge < -0.3 is 10.0 Å². The lowest BCUT2D eigenvalue weighted by molar-refractivity contribution is 0.0697. The van der Waals surface area contributed by atoms with Gasteiger partial charge in [-0.2, -0.15) is 0 Å². The molecule has 1 aliphatic heterocycles. The Hall–Kier alpha value is -3.33. The molecule has 0 aromatic heterocycles. The first kappa shape index (κ1) is 17.7. The Morgan fingerprint density at radius 2 is 1.76 bits per heavy atom. The molecule has 5 rings (SSSR count). The minimum Gasteiger partial charge on any atom is -0.478 e. The number of allylic oxidation sites excluding steroid dienone is 1. The van der Waals surface area contributed by atoms with E-state index in [2.05, 4.69) is 60.4 Å². The van der Waals surface area contributed by atoms with E-state index in [1.807, 2.05) is 12.1 Å². The topological polar surface area (TPSA) is 40.5 Å². The van der Waals surface area contributed by atoms with E-state index in [1.165, 1.54) is 33.5 Å². The van der Waals surface area contributed by atoms with Gasteiger partial charge in [0.15, 0.2) is 0 Å². The zero-order valence-corrected chi connectivity index (χ0v) is 16.4. The summed E-state index contributed by atoms with van der Waals surface area (Å²) in [6.07, 6.45) is 2.93. The minimum absolute atomic E-state index is 0.177. The van der Waals surface area contributed by atoms with Crippen LogP contribution in [0.2, 0.25) is 0 Å². The fourth-order valence-electron chi connectivity index (χ4n) is 4.74. The van der Waals surface area contributed by atoms with Crippen LogP contribution >= 0.6 is 0 Å². The van der Waals surface area contributed by atoms with Crippen LogP contribution in [-0.4, -0.2) is 11.1 Å². The number of carboxylic acids is 1. The third-order valence-electron chi connectivity index (χ3n) is 6.16. The number of carbonyl (C=O) groups is 1. The molecule has 1 aliphatic carbocycles. The number of carboxylic acid groups (broad SMARTS) is 1. The molecule has 29 heavy (non-hydrogen) atoms. The van der Waals surface area contributed by atoms with Crippen molar-refractivity contribution in [2.45, 2.75) is 32.2 Å². The second kappa shape index (κ2) is 6.93. The minimum atomic E-state index is -0.888. The van der Waals surface area contributed by atoms with Gasteiger partial charge in [0, 0.05) is 11.4 Å². The van der Waals surface area contributed by atoms with Crippen LogP contribution in [0.5, 0.6) is 0 Å².